The van der Waals surface area contributed by atoms with E-state index in [1.165, 1.54) is 0 Å². The van der Waals surface area contributed by atoms with Gasteiger partial charge in [-0.05, 0) is 30.4 Å². The highest BCUT2D eigenvalue weighted by Gasteiger charge is 2.18. The third kappa shape index (κ3) is 3.80. The summed E-state index contributed by atoms with van der Waals surface area (Å²) in [6.07, 6.45) is 5.05. The number of aromatic nitrogens is 2. The molecule has 0 radical (unpaired) electrons. The summed E-state index contributed by atoms with van der Waals surface area (Å²) in [6.45, 7) is 6.27. The fraction of sp³-hybridized carbons (Fsp3) is 0.333. The first kappa shape index (κ1) is 16.8. The molecule has 5 heteroatoms. The van der Waals surface area contributed by atoms with Crippen LogP contribution in [0.1, 0.15) is 42.4 Å². The summed E-state index contributed by atoms with van der Waals surface area (Å²) in [5.74, 6) is 1.02. The highest BCUT2D eigenvalue weighted by atomic mass is 16.5. The number of H-pyrrole nitrogens is 1. The van der Waals surface area contributed by atoms with Crippen LogP contribution >= 0.6 is 0 Å². The molecule has 1 aromatic carbocycles. The van der Waals surface area contributed by atoms with Gasteiger partial charge in [0.15, 0.2) is 17.3 Å². The molecule has 0 unspecified atom stereocenters. The van der Waals surface area contributed by atoms with Crippen LogP contribution in [0, 0.1) is 0 Å². The van der Waals surface area contributed by atoms with Gasteiger partial charge in [0.25, 0.3) is 0 Å². The van der Waals surface area contributed by atoms with Crippen molar-refractivity contribution in [3.8, 4) is 11.5 Å². The molecular weight excluding hydrogens is 292 g/mol. The number of hydrogen-bond acceptors (Lipinski definition) is 4. The Balaban J connectivity index is 2.24. The Morgan fingerprint density at radius 2 is 1.87 bits per heavy atom. The van der Waals surface area contributed by atoms with E-state index in [9.17, 15) is 4.79 Å². The third-order valence-corrected chi connectivity index (χ3v) is 3.50. The van der Waals surface area contributed by atoms with Crippen molar-refractivity contribution in [1.29, 1.82) is 0 Å². The molecule has 5 nitrogen and oxygen atoms in total. The number of methoxy groups -OCH3 is 2. The van der Waals surface area contributed by atoms with E-state index in [0.29, 0.717) is 17.1 Å². The molecule has 122 valence electrons. The van der Waals surface area contributed by atoms with Gasteiger partial charge in [-0.25, -0.2) is 0 Å². The number of nitrogens with zero attached hydrogens (tertiary/aromatic N) is 1. The summed E-state index contributed by atoms with van der Waals surface area (Å²) in [5.41, 5.74) is 2.38. The lowest BCUT2D eigenvalue weighted by atomic mass is 9.89. The lowest BCUT2D eigenvalue weighted by Gasteiger charge is -2.17. The zero-order valence-electron chi connectivity index (χ0n) is 14.1. The minimum atomic E-state index is -0.105. The molecule has 0 aliphatic heterocycles. The number of carbonyl (C=O) groups excluding carboxylic acids is 1. The van der Waals surface area contributed by atoms with E-state index in [1.54, 1.807) is 50.8 Å². The van der Waals surface area contributed by atoms with Crippen LogP contribution in [0.5, 0.6) is 11.5 Å². The molecule has 2 rings (SSSR count). The van der Waals surface area contributed by atoms with E-state index >= 15 is 0 Å². The summed E-state index contributed by atoms with van der Waals surface area (Å²) >= 11 is 0. The minimum absolute atomic E-state index is 0.0669. The first-order valence-electron chi connectivity index (χ1n) is 7.35. The van der Waals surface area contributed by atoms with Crippen LogP contribution in [0.25, 0.3) is 6.08 Å². The van der Waals surface area contributed by atoms with Gasteiger partial charge in [-0.15, -0.1) is 0 Å². The number of ether oxygens (including phenoxy) is 2. The Labute approximate surface area is 136 Å². The van der Waals surface area contributed by atoms with Gasteiger partial charge in [0, 0.05) is 22.2 Å². The van der Waals surface area contributed by atoms with E-state index in [1.807, 2.05) is 0 Å². The van der Waals surface area contributed by atoms with Crippen molar-refractivity contribution >= 4 is 11.9 Å². The Hall–Kier alpha value is -2.56. The standard InChI is InChI=1S/C18H22N2O3/c1-18(2,3)17-13(11-19-20-17)6-8-14(21)12-7-9-15(22-4)16(10-12)23-5/h6-11H,1-5H3,(H,19,20). The Kier molecular flexibility index (Phi) is 4.89. The van der Waals surface area contributed by atoms with Crippen LogP contribution in [0.15, 0.2) is 30.5 Å². The van der Waals surface area contributed by atoms with Gasteiger partial charge in [0.05, 0.1) is 20.4 Å². The molecule has 0 fully saturated rings. The molecule has 0 amide bonds. The number of ketones is 1. The molecular formula is C18H22N2O3. The van der Waals surface area contributed by atoms with Crippen LogP contribution in [0.2, 0.25) is 0 Å². The van der Waals surface area contributed by atoms with Crippen molar-refractivity contribution in [2.75, 3.05) is 14.2 Å². The lowest BCUT2D eigenvalue weighted by Crippen LogP contribution is -2.13. The summed E-state index contributed by atoms with van der Waals surface area (Å²) in [6, 6.07) is 5.11. The van der Waals surface area contributed by atoms with Gasteiger partial charge >= 0.3 is 0 Å². The third-order valence-electron chi connectivity index (χ3n) is 3.50. The number of carbonyl (C=O) groups is 1. The largest absolute Gasteiger partial charge is 0.493 e. The minimum Gasteiger partial charge on any atom is -0.493 e. The molecule has 0 aliphatic rings. The van der Waals surface area contributed by atoms with Gasteiger partial charge in [-0.3, -0.25) is 9.89 Å². The van der Waals surface area contributed by atoms with Crippen molar-refractivity contribution in [2.24, 2.45) is 0 Å². The van der Waals surface area contributed by atoms with Crippen molar-refractivity contribution < 1.29 is 14.3 Å². The molecule has 1 aromatic heterocycles. The number of rotatable bonds is 5. The average molecular weight is 314 g/mol. The second-order valence-corrected chi connectivity index (χ2v) is 6.22. The topological polar surface area (TPSA) is 64.2 Å². The maximum atomic E-state index is 12.4. The van der Waals surface area contributed by atoms with E-state index in [2.05, 4.69) is 31.0 Å². The first-order valence-corrected chi connectivity index (χ1v) is 7.35. The maximum Gasteiger partial charge on any atom is 0.185 e. The maximum absolute atomic E-state index is 12.4. The number of hydrogen-bond donors (Lipinski definition) is 1. The summed E-state index contributed by atoms with van der Waals surface area (Å²) in [7, 11) is 3.11. The zero-order valence-corrected chi connectivity index (χ0v) is 14.1. The SMILES string of the molecule is COc1ccc(C(=O)C=Cc2cn[nH]c2C(C)(C)C)cc1OC. The molecule has 0 spiro atoms. The monoisotopic (exact) mass is 314 g/mol. The lowest BCUT2D eigenvalue weighted by molar-refractivity contribution is 0.104. The number of allylic oxidation sites excluding steroid dienone is 1. The smallest absolute Gasteiger partial charge is 0.185 e. The number of aromatic amines is 1. The normalized spacial score (nSPS) is 11.7. The van der Waals surface area contributed by atoms with Gasteiger partial charge < -0.3 is 9.47 Å². The van der Waals surface area contributed by atoms with Gasteiger partial charge in [0.1, 0.15) is 0 Å². The van der Waals surface area contributed by atoms with Crippen LogP contribution in [0.3, 0.4) is 0 Å². The number of nitrogens with one attached hydrogen (secondary N) is 1. The van der Waals surface area contributed by atoms with E-state index in [0.717, 1.165) is 11.3 Å². The zero-order chi connectivity index (χ0) is 17.0. The molecule has 0 bridgehead atoms. The van der Waals surface area contributed by atoms with Crippen LogP contribution in [-0.4, -0.2) is 30.2 Å². The van der Waals surface area contributed by atoms with Gasteiger partial charge in [-0.2, -0.15) is 5.10 Å². The molecule has 1 N–H and O–H groups in total. The quantitative estimate of drug-likeness (QED) is 0.676. The molecule has 0 atom stereocenters. The molecule has 1 heterocycles. The summed E-state index contributed by atoms with van der Waals surface area (Å²) < 4.78 is 10.4. The van der Waals surface area contributed by atoms with Crippen molar-refractivity contribution in [1.82, 2.24) is 10.2 Å². The van der Waals surface area contributed by atoms with E-state index in [-0.39, 0.29) is 11.2 Å². The van der Waals surface area contributed by atoms with Crippen LogP contribution in [-0.2, 0) is 5.41 Å². The Bertz CT molecular complexity index is 724. The predicted octanol–water partition coefficient (Wildman–Crippen LogP) is 3.62. The summed E-state index contributed by atoms with van der Waals surface area (Å²) in [5, 5.41) is 7.06. The van der Waals surface area contributed by atoms with Crippen molar-refractivity contribution in [3.05, 3.63) is 47.3 Å². The number of benzene rings is 1. The first-order chi connectivity index (χ1) is 10.9. The van der Waals surface area contributed by atoms with E-state index in [4.69, 9.17) is 9.47 Å². The predicted molar refractivity (Wildman–Crippen MR) is 90.2 cm³/mol. The molecule has 0 saturated carbocycles. The Morgan fingerprint density at radius 3 is 2.48 bits per heavy atom. The van der Waals surface area contributed by atoms with Crippen LogP contribution < -0.4 is 9.47 Å². The Morgan fingerprint density at radius 1 is 1.17 bits per heavy atom. The second-order valence-electron chi connectivity index (χ2n) is 6.22. The second kappa shape index (κ2) is 6.69. The molecule has 2 aromatic rings. The van der Waals surface area contributed by atoms with Crippen LogP contribution in [0.4, 0.5) is 0 Å². The fourth-order valence-corrected chi connectivity index (χ4v) is 2.27. The van der Waals surface area contributed by atoms with Gasteiger partial charge in [-0.1, -0.05) is 20.8 Å². The summed E-state index contributed by atoms with van der Waals surface area (Å²) in [4.78, 5) is 12.4. The average Bonchev–Trinajstić information content (AvgIpc) is 3.00. The highest BCUT2D eigenvalue weighted by Crippen LogP contribution is 2.28. The molecule has 0 saturated heterocycles. The van der Waals surface area contributed by atoms with E-state index < -0.39 is 0 Å². The van der Waals surface area contributed by atoms with Gasteiger partial charge in [0.2, 0.25) is 0 Å². The molecule has 23 heavy (non-hydrogen) atoms. The fourth-order valence-electron chi connectivity index (χ4n) is 2.27. The van der Waals surface area contributed by atoms with Crippen molar-refractivity contribution in [3.63, 3.8) is 0 Å². The highest BCUT2D eigenvalue weighted by molar-refractivity contribution is 6.07. The molecule has 0 aliphatic carbocycles. The van der Waals surface area contributed by atoms with Crippen molar-refractivity contribution in [2.45, 2.75) is 26.2 Å².